The van der Waals surface area contributed by atoms with Gasteiger partial charge in [0.05, 0.1) is 0 Å². The Morgan fingerprint density at radius 2 is 1.61 bits per heavy atom. The monoisotopic (exact) mass is 303 g/mol. The summed E-state index contributed by atoms with van der Waals surface area (Å²) in [5.74, 6) is 0.370. The highest BCUT2D eigenvalue weighted by Crippen LogP contribution is 2.21. The van der Waals surface area contributed by atoms with E-state index in [0.29, 0.717) is 5.92 Å². The first-order chi connectivity index (χ1) is 8.66. The molecule has 0 aromatic heterocycles. The fourth-order valence-electron chi connectivity index (χ4n) is 2.07. The molecule has 2 atom stereocenters. The van der Waals surface area contributed by atoms with Crippen LogP contribution in [0.1, 0.15) is 24.0 Å². The van der Waals surface area contributed by atoms with Crippen molar-refractivity contribution in [2.75, 3.05) is 0 Å². The predicted octanol–water partition coefficient (Wildman–Crippen LogP) is 4.12. The summed E-state index contributed by atoms with van der Waals surface area (Å²) in [6.07, 6.45) is 0.906. The predicted molar refractivity (Wildman–Crippen MR) is 80.7 cm³/mol. The molecule has 0 amide bonds. The van der Waals surface area contributed by atoms with Crippen molar-refractivity contribution in [3.8, 4) is 0 Å². The first-order valence-electron chi connectivity index (χ1n) is 6.22. The molecule has 2 N–H and O–H groups in total. The Kier molecular flexibility index (Phi) is 4.56. The molecule has 2 heteroatoms. The Morgan fingerprint density at radius 1 is 1.00 bits per heavy atom. The van der Waals surface area contributed by atoms with E-state index in [-0.39, 0.29) is 6.04 Å². The minimum atomic E-state index is 0.147. The summed E-state index contributed by atoms with van der Waals surface area (Å²) in [7, 11) is 0. The maximum atomic E-state index is 6.31. The number of halogens is 1. The van der Waals surface area contributed by atoms with Crippen LogP contribution in [0, 0.1) is 0 Å². The van der Waals surface area contributed by atoms with Crippen molar-refractivity contribution in [1.29, 1.82) is 0 Å². The van der Waals surface area contributed by atoms with Crippen molar-refractivity contribution in [1.82, 2.24) is 0 Å². The van der Waals surface area contributed by atoms with Crippen molar-refractivity contribution >= 4 is 15.9 Å². The topological polar surface area (TPSA) is 26.0 Å². The van der Waals surface area contributed by atoms with Gasteiger partial charge in [-0.3, -0.25) is 0 Å². The summed E-state index contributed by atoms with van der Waals surface area (Å²) in [5, 5.41) is 0. The lowest BCUT2D eigenvalue weighted by atomic mass is 9.90. The van der Waals surface area contributed by atoms with E-state index in [2.05, 4.69) is 71.4 Å². The third-order valence-corrected chi connectivity index (χ3v) is 3.88. The van der Waals surface area contributed by atoms with Crippen molar-refractivity contribution in [3.05, 3.63) is 70.2 Å². The van der Waals surface area contributed by atoms with Gasteiger partial charge in [-0.1, -0.05) is 65.3 Å². The zero-order valence-corrected chi connectivity index (χ0v) is 12.1. The number of hydrogen-bond acceptors (Lipinski definition) is 1. The quantitative estimate of drug-likeness (QED) is 0.903. The zero-order chi connectivity index (χ0) is 13.0. The average molecular weight is 304 g/mol. The van der Waals surface area contributed by atoms with Crippen LogP contribution in [0.5, 0.6) is 0 Å². The summed E-state index contributed by atoms with van der Waals surface area (Å²) in [4.78, 5) is 0. The third-order valence-electron chi connectivity index (χ3n) is 3.35. The van der Waals surface area contributed by atoms with E-state index in [1.165, 1.54) is 11.1 Å². The highest BCUT2D eigenvalue weighted by atomic mass is 79.9. The highest BCUT2D eigenvalue weighted by molar-refractivity contribution is 9.10. The second-order valence-corrected chi connectivity index (χ2v) is 5.61. The SMILES string of the molecule is CC(c1ccccc1)C(N)Cc1ccc(Br)cc1. The van der Waals surface area contributed by atoms with Gasteiger partial charge in [-0.15, -0.1) is 0 Å². The van der Waals surface area contributed by atoms with Crippen LogP contribution in [0.2, 0.25) is 0 Å². The summed E-state index contributed by atoms with van der Waals surface area (Å²) in [6.45, 7) is 2.19. The fourth-order valence-corrected chi connectivity index (χ4v) is 2.34. The molecule has 0 fully saturated rings. The largest absolute Gasteiger partial charge is 0.327 e. The van der Waals surface area contributed by atoms with Crippen molar-refractivity contribution in [2.45, 2.75) is 25.3 Å². The van der Waals surface area contributed by atoms with Crippen molar-refractivity contribution in [2.24, 2.45) is 5.73 Å². The molecule has 2 unspecified atom stereocenters. The van der Waals surface area contributed by atoms with Gasteiger partial charge in [-0.05, 0) is 35.6 Å². The summed E-state index contributed by atoms with van der Waals surface area (Å²) in [6, 6.07) is 19.0. The maximum Gasteiger partial charge on any atom is 0.0175 e. The van der Waals surface area contributed by atoms with Crippen LogP contribution >= 0.6 is 15.9 Å². The molecule has 94 valence electrons. The summed E-state index contributed by atoms with van der Waals surface area (Å²) >= 11 is 3.45. The molecule has 0 saturated carbocycles. The first-order valence-corrected chi connectivity index (χ1v) is 7.01. The first kappa shape index (κ1) is 13.3. The molecule has 0 aliphatic rings. The normalized spacial score (nSPS) is 14.2. The molecular weight excluding hydrogens is 286 g/mol. The Balaban J connectivity index is 2.03. The molecule has 2 aromatic carbocycles. The van der Waals surface area contributed by atoms with Crippen molar-refractivity contribution < 1.29 is 0 Å². The number of hydrogen-bond donors (Lipinski definition) is 1. The van der Waals surface area contributed by atoms with Crippen LogP contribution in [0.3, 0.4) is 0 Å². The molecule has 18 heavy (non-hydrogen) atoms. The lowest BCUT2D eigenvalue weighted by Crippen LogP contribution is -2.29. The van der Waals surface area contributed by atoms with Crippen LogP contribution in [0.25, 0.3) is 0 Å². The minimum Gasteiger partial charge on any atom is -0.327 e. The van der Waals surface area contributed by atoms with Gasteiger partial charge in [0.25, 0.3) is 0 Å². The Hall–Kier alpha value is -1.12. The van der Waals surface area contributed by atoms with E-state index in [4.69, 9.17) is 5.73 Å². The van der Waals surface area contributed by atoms with E-state index in [1.807, 2.05) is 6.07 Å². The second-order valence-electron chi connectivity index (χ2n) is 4.69. The van der Waals surface area contributed by atoms with Gasteiger partial charge in [0.15, 0.2) is 0 Å². The maximum absolute atomic E-state index is 6.31. The highest BCUT2D eigenvalue weighted by Gasteiger charge is 2.14. The number of benzene rings is 2. The van der Waals surface area contributed by atoms with Crippen LogP contribution in [0.15, 0.2) is 59.1 Å². The molecule has 0 heterocycles. The van der Waals surface area contributed by atoms with Crippen LogP contribution in [-0.4, -0.2) is 6.04 Å². The molecule has 2 aromatic rings. The summed E-state index contributed by atoms with van der Waals surface area (Å²) < 4.78 is 1.11. The van der Waals surface area contributed by atoms with Crippen LogP contribution < -0.4 is 5.73 Å². The summed E-state index contributed by atoms with van der Waals surface area (Å²) in [5.41, 5.74) is 8.90. The van der Waals surface area contributed by atoms with E-state index in [9.17, 15) is 0 Å². The molecule has 0 saturated heterocycles. The Bertz CT molecular complexity index is 478. The van der Waals surface area contributed by atoms with Gasteiger partial charge in [-0.2, -0.15) is 0 Å². The molecule has 1 nitrogen and oxygen atoms in total. The van der Waals surface area contributed by atoms with Gasteiger partial charge in [-0.25, -0.2) is 0 Å². The molecule has 0 bridgehead atoms. The molecular formula is C16H18BrN. The van der Waals surface area contributed by atoms with Crippen LogP contribution in [0.4, 0.5) is 0 Å². The van der Waals surface area contributed by atoms with Gasteiger partial charge in [0.2, 0.25) is 0 Å². The van der Waals surface area contributed by atoms with Gasteiger partial charge < -0.3 is 5.73 Å². The Labute approximate surface area is 117 Å². The van der Waals surface area contributed by atoms with E-state index >= 15 is 0 Å². The van der Waals surface area contributed by atoms with E-state index < -0.39 is 0 Å². The number of nitrogens with two attached hydrogens (primary N) is 1. The zero-order valence-electron chi connectivity index (χ0n) is 10.5. The van der Waals surface area contributed by atoms with Gasteiger partial charge in [0, 0.05) is 10.5 Å². The van der Waals surface area contributed by atoms with Gasteiger partial charge >= 0.3 is 0 Å². The third kappa shape index (κ3) is 3.44. The second kappa shape index (κ2) is 6.17. The smallest absolute Gasteiger partial charge is 0.0175 e. The number of rotatable bonds is 4. The Morgan fingerprint density at radius 3 is 2.22 bits per heavy atom. The molecule has 0 aliphatic carbocycles. The molecule has 0 spiro atoms. The van der Waals surface area contributed by atoms with E-state index in [1.54, 1.807) is 0 Å². The van der Waals surface area contributed by atoms with Crippen molar-refractivity contribution in [3.63, 3.8) is 0 Å². The van der Waals surface area contributed by atoms with Crippen LogP contribution in [-0.2, 0) is 6.42 Å². The van der Waals surface area contributed by atoms with E-state index in [0.717, 1.165) is 10.9 Å². The van der Waals surface area contributed by atoms with Gasteiger partial charge in [0.1, 0.15) is 0 Å². The standard InChI is InChI=1S/C16H18BrN/c1-12(14-5-3-2-4-6-14)16(18)11-13-7-9-15(17)10-8-13/h2-10,12,16H,11,18H2,1H3. The minimum absolute atomic E-state index is 0.147. The molecule has 0 aliphatic heterocycles. The fraction of sp³-hybridized carbons (Fsp3) is 0.250. The molecule has 0 radical (unpaired) electrons. The average Bonchev–Trinajstić information content (AvgIpc) is 2.41. The lowest BCUT2D eigenvalue weighted by molar-refractivity contribution is 0.564. The molecule has 2 rings (SSSR count). The lowest BCUT2D eigenvalue weighted by Gasteiger charge is -2.20.